The summed E-state index contributed by atoms with van der Waals surface area (Å²) < 4.78 is 25.4. The van der Waals surface area contributed by atoms with Gasteiger partial charge in [0.15, 0.2) is 0 Å². The summed E-state index contributed by atoms with van der Waals surface area (Å²) >= 11 is 0. The fraction of sp³-hybridized carbons (Fsp3) is 0.0625. The molecule has 0 amide bonds. The van der Waals surface area contributed by atoms with E-state index >= 15 is 0 Å². The molecule has 4 heterocycles. The van der Waals surface area contributed by atoms with Gasteiger partial charge in [0.1, 0.15) is 23.0 Å². The molecule has 0 saturated carbocycles. The molecule has 0 spiro atoms. The Morgan fingerprint density at radius 2 is 1.17 bits per heavy atom. The molecule has 1 aliphatic rings. The molecule has 1 aliphatic carbocycles. The minimum Gasteiger partial charge on any atom is -0.460 e. The quantitative estimate of drug-likeness (QED) is 0.185. The molecule has 1 unspecified atom stereocenters. The van der Waals surface area contributed by atoms with Gasteiger partial charge in [0, 0.05) is 56.1 Å². The number of nitrogens with zero attached hydrogens (tertiary/aromatic N) is 3. The van der Waals surface area contributed by atoms with Crippen LogP contribution >= 0.6 is 0 Å². The number of furan rings is 1. The van der Waals surface area contributed by atoms with Crippen molar-refractivity contribution in [1.82, 2.24) is 14.1 Å². The van der Waals surface area contributed by atoms with Crippen molar-refractivity contribution in [2.24, 2.45) is 5.92 Å². The lowest BCUT2D eigenvalue weighted by atomic mass is 9.93. The van der Waals surface area contributed by atoms with Crippen LogP contribution in [-0.2, 0) is 6.42 Å². The van der Waals surface area contributed by atoms with Gasteiger partial charge >= 0.3 is 0 Å². The van der Waals surface area contributed by atoms with Crippen molar-refractivity contribution in [3.63, 3.8) is 0 Å². The van der Waals surface area contributed by atoms with Gasteiger partial charge in [0.25, 0.3) is 0 Å². The average Bonchev–Trinajstić information content (AvgIpc) is 3.85. The van der Waals surface area contributed by atoms with Gasteiger partial charge < -0.3 is 8.98 Å². The molecule has 5 heteroatoms. The zero-order valence-corrected chi connectivity index (χ0v) is 28.9. The van der Waals surface area contributed by atoms with Crippen LogP contribution in [0.2, 0.25) is 0 Å². The van der Waals surface area contributed by atoms with E-state index in [1.807, 2.05) is 25.1 Å². The van der Waals surface area contributed by atoms with E-state index in [2.05, 4.69) is 143 Å². The van der Waals surface area contributed by atoms with Crippen molar-refractivity contribution >= 4 is 60.7 Å². The molecular formula is C48H32FN3O. The van der Waals surface area contributed by atoms with Crippen molar-refractivity contribution in [1.29, 1.82) is 0 Å². The minimum absolute atomic E-state index is 0.101. The largest absolute Gasteiger partial charge is 0.460 e. The highest BCUT2D eigenvalue weighted by Gasteiger charge is 2.24. The Labute approximate surface area is 304 Å². The molecular weight excluding hydrogens is 654 g/mol. The van der Waals surface area contributed by atoms with Crippen molar-refractivity contribution < 1.29 is 8.81 Å². The highest BCUT2D eigenvalue weighted by atomic mass is 19.1. The average molecular weight is 686 g/mol. The summed E-state index contributed by atoms with van der Waals surface area (Å²) in [6, 6.07) is 53.6. The number of aromatic nitrogens is 3. The van der Waals surface area contributed by atoms with Crippen LogP contribution in [0.3, 0.4) is 0 Å². The topological polar surface area (TPSA) is 35.9 Å². The Kier molecular flexibility index (Phi) is 6.44. The molecule has 4 nitrogen and oxygen atoms in total. The first kappa shape index (κ1) is 30.0. The van der Waals surface area contributed by atoms with Crippen molar-refractivity contribution in [3.8, 4) is 33.9 Å². The second kappa shape index (κ2) is 11.4. The van der Waals surface area contributed by atoms with Crippen LogP contribution in [0.15, 0.2) is 162 Å². The highest BCUT2D eigenvalue weighted by Crippen LogP contribution is 2.40. The molecule has 252 valence electrons. The predicted molar refractivity (Wildman–Crippen MR) is 216 cm³/mol. The summed E-state index contributed by atoms with van der Waals surface area (Å²) in [5.41, 5.74) is 11.5. The monoisotopic (exact) mass is 685 g/mol. The number of allylic oxidation sites excluding steroid dienone is 1. The van der Waals surface area contributed by atoms with E-state index in [1.54, 1.807) is 6.08 Å². The van der Waals surface area contributed by atoms with E-state index in [-0.39, 0.29) is 11.7 Å². The van der Waals surface area contributed by atoms with Gasteiger partial charge in [-0.2, -0.15) is 0 Å². The molecule has 11 rings (SSSR count). The summed E-state index contributed by atoms with van der Waals surface area (Å²) in [5.74, 6) is 1.42. The number of halogens is 1. The first-order valence-electron chi connectivity index (χ1n) is 18.1. The van der Waals surface area contributed by atoms with E-state index < -0.39 is 0 Å². The maximum Gasteiger partial charge on any atom is 0.138 e. The molecule has 53 heavy (non-hydrogen) atoms. The maximum atomic E-state index is 14.7. The molecule has 0 radical (unpaired) electrons. The summed E-state index contributed by atoms with van der Waals surface area (Å²) in [7, 11) is 0. The van der Waals surface area contributed by atoms with Crippen LogP contribution in [0.25, 0.3) is 94.5 Å². The Balaban J connectivity index is 1.04. The van der Waals surface area contributed by atoms with Gasteiger partial charge in [-0.25, -0.2) is 9.37 Å². The minimum atomic E-state index is -0.167. The second-order valence-corrected chi connectivity index (χ2v) is 14.2. The normalized spacial score (nSPS) is 14.5. The summed E-state index contributed by atoms with van der Waals surface area (Å²) in [4.78, 5) is 5.23. The van der Waals surface area contributed by atoms with Gasteiger partial charge in [-0.1, -0.05) is 79.7 Å². The summed E-state index contributed by atoms with van der Waals surface area (Å²) in [6.45, 7) is 1.89. The van der Waals surface area contributed by atoms with Crippen molar-refractivity contribution in [2.45, 2.75) is 13.3 Å². The van der Waals surface area contributed by atoms with Gasteiger partial charge in [-0.3, -0.25) is 4.57 Å². The second-order valence-electron chi connectivity index (χ2n) is 14.2. The Bertz CT molecular complexity index is 3130. The fourth-order valence-electron chi connectivity index (χ4n) is 8.41. The predicted octanol–water partition coefficient (Wildman–Crippen LogP) is 12.9. The molecule has 10 aromatic rings. The number of para-hydroxylation sites is 3. The maximum absolute atomic E-state index is 14.7. The molecule has 0 saturated heterocycles. The zero-order valence-electron chi connectivity index (χ0n) is 28.9. The van der Waals surface area contributed by atoms with Crippen LogP contribution < -0.4 is 0 Å². The molecule has 0 fully saturated rings. The molecule has 0 bridgehead atoms. The zero-order chi connectivity index (χ0) is 35.2. The first-order chi connectivity index (χ1) is 26.1. The molecule has 6 aromatic carbocycles. The third kappa shape index (κ3) is 4.57. The number of hydrogen-bond acceptors (Lipinski definition) is 2. The van der Waals surface area contributed by atoms with Crippen molar-refractivity contribution in [2.75, 3.05) is 0 Å². The number of rotatable bonds is 4. The Morgan fingerprint density at radius 3 is 1.91 bits per heavy atom. The molecule has 0 aliphatic heterocycles. The van der Waals surface area contributed by atoms with Gasteiger partial charge in [0.05, 0.1) is 27.8 Å². The van der Waals surface area contributed by atoms with E-state index in [9.17, 15) is 4.39 Å². The van der Waals surface area contributed by atoms with E-state index in [4.69, 9.17) is 9.40 Å². The SMILES string of the molecule is CC1Cc2oc3ccc(-c4cccc(-n5c6ccccc6c6cc(-c7ccc8c(c7)c7ccccc7n8-c7ccccc7)ccc65)n4)cc3c2C=C1F. The van der Waals surface area contributed by atoms with Crippen LogP contribution in [0.1, 0.15) is 18.2 Å². The van der Waals surface area contributed by atoms with Crippen LogP contribution in [0, 0.1) is 5.92 Å². The molecule has 4 aromatic heterocycles. The molecule has 1 atom stereocenters. The number of pyridine rings is 1. The van der Waals surface area contributed by atoms with Gasteiger partial charge in [-0.15, -0.1) is 0 Å². The number of hydrogen-bond donors (Lipinski definition) is 0. The lowest BCUT2D eigenvalue weighted by Gasteiger charge is -2.13. The molecule has 0 N–H and O–H groups in total. The van der Waals surface area contributed by atoms with Crippen LogP contribution in [-0.4, -0.2) is 14.1 Å². The lowest BCUT2D eigenvalue weighted by Crippen LogP contribution is -2.05. The first-order valence-corrected chi connectivity index (χ1v) is 18.1. The standard InChI is InChI=1S/C48H32FN3O/c1-29-24-47-39(28-40(29)49)38-27-32(20-23-46(38)53-47)41-14-9-17-48(50-41)52-43-16-8-6-13-35(43)37-26-31(19-22-45(37)52)30-18-21-44-36(25-30)34-12-5-7-15-42(34)51(44)33-10-3-2-4-11-33/h2-23,25-29H,24H2,1H3. The van der Waals surface area contributed by atoms with Gasteiger partial charge in [0.2, 0.25) is 0 Å². The summed E-state index contributed by atoms with van der Waals surface area (Å²) in [6.07, 6.45) is 2.20. The van der Waals surface area contributed by atoms with Crippen LogP contribution in [0.5, 0.6) is 0 Å². The van der Waals surface area contributed by atoms with Crippen molar-refractivity contribution in [3.05, 3.63) is 169 Å². The number of benzene rings is 6. The van der Waals surface area contributed by atoms with E-state index in [1.165, 1.54) is 38.1 Å². The van der Waals surface area contributed by atoms with E-state index in [0.717, 1.165) is 61.7 Å². The van der Waals surface area contributed by atoms with E-state index in [0.29, 0.717) is 6.42 Å². The summed E-state index contributed by atoms with van der Waals surface area (Å²) in [5, 5.41) is 5.73. The fourth-order valence-corrected chi connectivity index (χ4v) is 8.41. The third-order valence-electron chi connectivity index (χ3n) is 11.0. The Hall–Kier alpha value is -6.72. The highest BCUT2D eigenvalue weighted by molar-refractivity contribution is 6.12. The third-order valence-corrected chi connectivity index (χ3v) is 11.0. The Morgan fingerprint density at radius 1 is 0.566 bits per heavy atom. The lowest BCUT2D eigenvalue weighted by molar-refractivity contribution is 0.443. The van der Waals surface area contributed by atoms with Gasteiger partial charge in [-0.05, 0) is 96.1 Å². The van der Waals surface area contributed by atoms with Crippen LogP contribution in [0.4, 0.5) is 4.39 Å². The number of fused-ring (bicyclic) bond motifs is 9. The smallest absolute Gasteiger partial charge is 0.138 e.